The number of anilines is 1. The molecule has 2 aromatic rings. The largest absolute Gasteiger partial charge is 0.465 e. The SMILES string of the molecule is O=C(O)N1CC2CC1CN2c1nc2ncc(Cl)cc2nc1Cl. The molecule has 2 bridgehead atoms. The summed E-state index contributed by atoms with van der Waals surface area (Å²) in [7, 11) is 0. The zero-order valence-corrected chi connectivity index (χ0v) is 12.8. The minimum absolute atomic E-state index is 0.0192. The molecule has 7 nitrogen and oxygen atoms in total. The van der Waals surface area contributed by atoms with E-state index in [0.29, 0.717) is 35.1 Å². The first-order chi connectivity index (χ1) is 10.5. The Morgan fingerprint density at radius 3 is 2.77 bits per heavy atom. The molecule has 22 heavy (non-hydrogen) atoms. The lowest BCUT2D eigenvalue weighted by Gasteiger charge is -2.33. The van der Waals surface area contributed by atoms with Crippen molar-refractivity contribution in [1.82, 2.24) is 19.9 Å². The van der Waals surface area contributed by atoms with Crippen LogP contribution in [0.15, 0.2) is 12.3 Å². The van der Waals surface area contributed by atoms with Crippen LogP contribution in [-0.4, -0.2) is 56.2 Å². The molecule has 2 aliphatic heterocycles. The van der Waals surface area contributed by atoms with E-state index < -0.39 is 6.09 Å². The van der Waals surface area contributed by atoms with Crippen LogP contribution in [-0.2, 0) is 0 Å². The molecule has 0 spiro atoms. The van der Waals surface area contributed by atoms with E-state index in [1.807, 2.05) is 4.90 Å². The van der Waals surface area contributed by atoms with Crippen LogP contribution in [0.2, 0.25) is 10.2 Å². The Morgan fingerprint density at radius 2 is 2.09 bits per heavy atom. The molecule has 2 atom stereocenters. The van der Waals surface area contributed by atoms with Gasteiger partial charge in [0.15, 0.2) is 16.6 Å². The molecule has 0 radical (unpaired) electrons. The summed E-state index contributed by atoms with van der Waals surface area (Å²) >= 11 is 12.1. The molecule has 4 rings (SSSR count). The van der Waals surface area contributed by atoms with Crippen molar-refractivity contribution < 1.29 is 9.90 Å². The standard InChI is InChI=1S/C13H11Cl2N5O2/c14-6-1-9-11(16-3-6)18-12(10(15)17-9)19-4-8-2-7(19)5-20(8)13(21)22/h1,3,7-8H,2,4-5H2,(H,21,22). The molecule has 114 valence electrons. The van der Waals surface area contributed by atoms with Gasteiger partial charge in [-0.1, -0.05) is 23.2 Å². The fourth-order valence-corrected chi connectivity index (χ4v) is 3.63. The summed E-state index contributed by atoms with van der Waals surface area (Å²) in [6.45, 7) is 1.04. The number of aromatic nitrogens is 3. The third kappa shape index (κ3) is 2.04. The molecule has 4 heterocycles. The summed E-state index contributed by atoms with van der Waals surface area (Å²) < 4.78 is 0. The Morgan fingerprint density at radius 1 is 1.27 bits per heavy atom. The van der Waals surface area contributed by atoms with Gasteiger partial charge in [0.1, 0.15) is 5.52 Å². The van der Waals surface area contributed by atoms with Gasteiger partial charge < -0.3 is 14.9 Å². The van der Waals surface area contributed by atoms with Crippen molar-refractivity contribution in [1.29, 1.82) is 0 Å². The van der Waals surface area contributed by atoms with Crippen LogP contribution in [0, 0.1) is 0 Å². The van der Waals surface area contributed by atoms with Gasteiger partial charge in [-0.25, -0.2) is 19.7 Å². The fraction of sp³-hybridized carbons (Fsp3) is 0.385. The molecule has 2 unspecified atom stereocenters. The van der Waals surface area contributed by atoms with Gasteiger partial charge in [-0.05, 0) is 12.5 Å². The van der Waals surface area contributed by atoms with Gasteiger partial charge in [-0.3, -0.25) is 0 Å². The highest BCUT2D eigenvalue weighted by molar-refractivity contribution is 6.32. The minimum Gasteiger partial charge on any atom is -0.465 e. The van der Waals surface area contributed by atoms with E-state index >= 15 is 0 Å². The second-order valence-corrected chi connectivity index (χ2v) is 6.26. The number of hydrogen-bond donors (Lipinski definition) is 1. The van der Waals surface area contributed by atoms with Crippen LogP contribution in [0.3, 0.4) is 0 Å². The highest BCUT2D eigenvalue weighted by Gasteiger charge is 2.46. The molecule has 9 heteroatoms. The number of piperazine rings is 1. The molecular weight excluding hydrogens is 329 g/mol. The lowest BCUT2D eigenvalue weighted by molar-refractivity contribution is 0.137. The molecule has 0 saturated carbocycles. The smallest absolute Gasteiger partial charge is 0.407 e. The predicted octanol–water partition coefficient (Wildman–Crippen LogP) is 2.27. The molecule has 2 fully saturated rings. The number of likely N-dealkylation sites (tertiary alicyclic amines) is 1. The second-order valence-electron chi connectivity index (χ2n) is 5.46. The highest BCUT2D eigenvalue weighted by Crippen LogP contribution is 2.36. The normalized spacial score (nSPS) is 23.5. The quantitative estimate of drug-likeness (QED) is 0.858. The third-order valence-corrected chi connectivity index (χ3v) is 4.65. The van der Waals surface area contributed by atoms with Crippen molar-refractivity contribution in [2.75, 3.05) is 18.0 Å². The molecule has 2 aliphatic rings. The number of amides is 1. The van der Waals surface area contributed by atoms with Crippen molar-refractivity contribution in [3.8, 4) is 0 Å². The first kappa shape index (κ1) is 13.8. The summed E-state index contributed by atoms with van der Waals surface area (Å²) in [5.74, 6) is 0.557. The number of nitrogens with zero attached hydrogens (tertiary/aromatic N) is 5. The summed E-state index contributed by atoms with van der Waals surface area (Å²) in [5.41, 5.74) is 1.01. The summed E-state index contributed by atoms with van der Waals surface area (Å²) in [4.78, 5) is 27.6. The van der Waals surface area contributed by atoms with Gasteiger partial charge in [0.25, 0.3) is 0 Å². The van der Waals surface area contributed by atoms with Gasteiger partial charge in [-0.2, -0.15) is 0 Å². The van der Waals surface area contributed by atoms with E-state index in [1.165, 1.54) is 11.1 Å². The minimum atomic E-state index is -0.876. The Hall–Kier alpha value is -1.86. The van der Waals surface area contributed by atoms with Crippen molar-refractivity contribution in [2.45, 2.75) is 18.5 Å². The van der Waals surface area contributed by atoms with Gasteiger partial charge >= 0.3 is 6.09 Å². The van der Waals surface area contributed by atoms with Gasteiger partial charge in [0, 0.05) is 19.3 Å². The van der Waals surface area contributed by atoms with E-state index in [2.05, 4.69) is 15.0 Å². The van der Waals surface area contributed by atoms with Crippen LogP contribution < -0.4 is 4.90 Å². The van der Waals surface area contributed by atoms with E-state index in [-0.39, 0.29) is 17.2 Å². The average molecular weight is 340 g/mol. The van der Waals surface area contributed by atoms with Crippen molar-refractivity contribution in [3.05, 3.63) is 22.4 Å². The topological polar surface area (TPSA) is 82.5 Å². The molecular formula is C13H11Cl2N5O2. The predicted molar refractivity (Wildman–Crippen MR) is 81.6 cm³/mol. The number of carbonyl (C=O) groups is 1. The highest BCUT2D eigenvalue weighted by atomic mass is 35.5. The number of fused-ring (bicyclic) bond motifs is 3. The first-order valence-electron chi connectivity index (χ1n) is 6.78. The van der Waals surface area contributed by atoms with Crippen LogP contribution in [0.5, 0.6) is 0 Å². The maximum absolute atomic E-state index is 11.1. The number of halogens is 2. The molecule has 1 N–H and O–H groups in total. The van der Waals surface area contributed by atoms with E-state index in [9.17, 15) is 4.79 Å². The summed E-state index contributed by atoms with van der Waals surface area (Å²) in [6, 6.07) is 1.72. The lowest BCUT2D eigenvalue weighted by atomic mass is 10.2. The Balaban J connectivity index is 1.70. The third-order valence-electron chi connectivity index (χ3n) is 4.19. The molecule has 2 aromatic heterocycles. The number of rotatable bonds is 1. The van der Waals surface area contributed by atoms with E-state index in [4.69, 9.17) is 28.3 Å². The monoisotopic (exact) mass is 339 g/mol. The number of carboxylic acid groups (broad SMARTS) is 1. The zero-order chi connectivity index (χ0) is 15.4. The van der Waals surface area contributed by atoms with Crippen molar-refractivity contribution in [2.24, 2.45) is 0 Å². The lowest BCUT2D eigenvalue weighted by Crippen LogP contribution is -2.48. The molecule has 0 aromatic carbocycles. The number of pyridine rings is 1. The summed E-state index contributed by atoms with van der Waals surface area (Å²) in [6.07, 6.45) is 1.42. The Labute approximate surface area is 135 Å². The zero-order valence-electron chi connectivity index (χ0n) is 11.3. The van der Waals surface area contributed by atoms with Crippen LogP contribution >= 0.6 is 23.2 Å². The first-order valence-corrected chi connectivity index (χ1v) is 7.53. The maximum Gasteiger partial charge on any atom is 0.407 e. The van der Waals surface area contributed by atoms with Crippen molar-refractivity contribution >= 4 is 46.3 Å². The van der Waals surface area contributed by atoms with E-state index in [0.717, 1.165) is 6.42 Å². The number of hydrogen-bond acceptors (Lipinski definition) is 5. The summed E-state index contributed by atoms with van der Waals surface area (Å²) in [5, 5.41) is 9.90. The molecule has 2 saturated heterocycles. The van der Waals surface area contributed by atoms with E-state index in [1.54, 1.807) is 6.07 Å². The van der Waals surface area contributed by atoms with Crippen LogP contribution in [0.1, 0.15) is 6.42 Å². The van der Waals surface area contributed by atoms with Gasteiger partial charge in [0.05, 0.1) is 17.1 Å². The second kappa shape index (κ2) is 4.82. The van der Waals surface area contributed by atoms with Gasteiger partial charge in [-0.15, -0.1) is 0 Å². The fourth-order valence-electron chi connectivity index (χ4n) is 3.24. The molecule has 0 aliphatic carbocycles. The van der Waals surface area contributed by atoms with Crippen LogP contribution in [0.25, 0.3) is 11.2 Å². The van der Waals surface area contributed by atoms with Crippen molar-refractivity contribution in [3.63, 3.8) is 0 Å². The molecule has 1 amide bonds. The average Bonchev–Trinajstić information content (AvgIpc) is 3.06. The van der Waals surface area contributed by atoms with Crippen LogP contribution in [0.4, 0.5) is 10.6 Å². The Bertz CT molecular complexity index is 786. The maximum atomic E-state index is 11.1. The Kier molecular flexibility index (Phi) is 3.02. The van der Waals surface area contributed by atoms with Gasteiger partial charge in [0.2, 0.25) is 0 Å².